The summed E-state index contributed by atoms with van der Waals surface area (Å²) in [7, 11) is 0. The van der Waals surface area contributed by atoms with Crippen molar-refractivity contribution in [3.63, 3.8) is 0 Å². The van der Waals surface area contributed by atoms with E-state index in [0.717, 1.165) is 50.5 Å². The van der Waals surface area contributed by atoms with Crippen LogP contribution in [-0.4, -0.2) is 0 Å². The van der Waals surface area contributed by atoms with Gasteiger partial charge in [-0.1, -0.05) is 194 Å². The predicted molar refractivity (Wildman–Crippen MR) is 293 cm³/mol. The van der Waals surface area contributed by atoms with Crippen molar-refractivity contribution in [2.75, 3.05) is 4.90 Å². The Bertz CT molecular complexity index is 4270. The quantitative estimate of drug-likeness (QED) is 0.176. The zero-order chi connectivity index (χ0) is 51.5. The first kappa shape index (κ1) is 35.3. The van der Waals surface area contributed by atoms with Crippen LogP contribution in [0.1, 0.15) is 51.4 Å². The molecule has 0 unspecified atom stereocenters. The molecule has 12 aromatic rings. The fourth-order valence-electron chi connectivity index (χ4n) is 12.9. The van der Waals surface area contributed by atoms with Gasteiger partial charge in [-0.3, -0.25) is 0 Å². The van der Waals surface area contributed by atoms with Crippen molar-refractivity contribution in [1.29, 1.82) is 0 Å². The van der Waals surface area contributed by atoms with Crippen molar-refractivity contribution in [1.82, 2.24) is 0 Å². The molecule has 72 heavy (non-hydrogen) atoms. The zero-order valence-corrected chi connectivity index (χ0v) is 39.3. The van der Waals surface area contributed by atoms with Gasteiger partial charge in [0, 0.05) is 54.3 Å². The molecule has 16 rings (SSSR count). The predicted octanol–water partition coefficient (Wildman–Crippen LogP) is 18.0. The van der Waals surface area contributed by atoms with Gasteiger partial charge in [0.05, 0.1) is 17.7 Å². The summed E-state index contributed by atoms with van der Waals surface area (Å²) in [6, 6.07) is 76.3. The van der Waals surface area contributed by atoms with E-state index in [1.165, 1.54) is 65.4 Å². The van der Waals surface area contributed by atoms with E-state index in [9.17, 15) is 0 Å². The monoisotopic (exact) mass is 940 g/mol. The topological polar surface area (TPSA) is 25.6 Å². The van der Waals surface area contributed by atoms with Crippen molar-refractivity contribution in [3.05, 3.63) is 293 Å². The van der Waals surface area contributed by atoms with Gasteiger partial charge in [-0.25, -0.2) is 0 Å². The minimum atomic E-state index is -0.707. The fourth-order valence-corrected chi connectivity index (χ4v) is 14.1. The smallest absolute Gasteiger partial charge is 0.143 e. The molecular weight excluding hydrogens is 895 g/mol. The Morgan fingerprint density at radius 2 is 0.875 bits per heavy atom. The molecule has 0 fully saturated rings. The van der Waals surface area contributed by atoms with Crippen LogP contribution in [0.2, 0.25) is 0 Å². The minimum Gasteiger partial charge on any atom is -0.457 e. The van der Waals surface area contributed by atoms with Crippen LogP contribution < -0.4 is 9.64 Å². The van der Waals surface area contributed by atoms with Crippen molar-refractivity contribution in [2.45, 2.75) is 20.6 Å². The van der Waals surface area contributed by atoms with Crippen molar-refractivity contribution >= 4 is 50.8 Å². The molecule has 0 radical (unpaired) electrons. The number of hydrogen-bond acceptors (Lipinski definition) is 4. The molecule has 4 aliphatic rings. The second kappa shape index (κ2) is 14.8. The molecule has 0 saturated carbocycles. The average molecular weight is 941 g/mol. The summed E-state index contributed by atoms with van der Waals surface area (Å²) in [5.41, 5.74) is 17.3. The van der Waals surface area contributed by atoms with E-state index < -0.39 is 29.0 Å². The first-order valence-electron chi connectivity index (χ1n) is 26.8. The molecule has 2 spiro atoms. The summed E-state index contributed by atoms with van der Waals surface area (Å²) >= 11 is 1.82. The highest BCUT2D eigenvalue weighted by Gasteiger charge is 2.52. The average Bonchev–Trinajstić information content (AvgIpc) is 4.30. The maximum atomic E-state index is 8.93. The summed E-state index contributed by atoms with van der Waals surface area (Å²) in [5.74, 6) is 1.61. The van der Waals surface area contributed by atoms with Crippen LogP contribution in [-0.2, 0) is 10.8 Å². The Morgan fingerprint density at radius 3 is 1.56 bits per heavy atom. The molecule has 0 atom stereocenters. The molecule has 1 aromatic heterocycles. The van der Waals surface area contributed by atoms with Crippen LogP contribution in [0.3, 0.4) is 0 Å². The molecular formula is C68H41NO2S. The lowest BCUT2D eigenvalue weighted by Crippen LogP contribution is -2.32. The third-order valence-electron chi connectivity index (χ3n) is 15.7. The second-order valence-electron chi connectivity index (χ2n) is 19.0. The Hall–Kier alpha value is -8.83. The molecule has 3 nitrogen and oxygen atoms in total. The number of fused-ring (bicyclic) bond motifs is 21. The number of rotatable bonds is 4. The number of nitrogens with zero attached hydrogens (tertiary/aromatic N) is 1. The van der Waals surface area contributed by atoms with E-state index in [4.69, 9.17) is 16.0 Å². The molecule has 0 saturated heterocycles. The highest BCUT2D eigenvalue weighted by Crippen LogP contribution is 2.65. The minimum absolute atomic E-state index is 0.0989. The van der Waals surface area contributed by atoms with Gasteiger partial charge in [0.15, 0.2) is 0 Å². The number of benzene rings is 11. The van der Waals surface area contributed by atoms with Gasteiger partial charge in [0.2, 0.25) is 0 Å². The first-order chi connectivity index (χ1) is 37.8. The Balaban J connectivity index is 0.974. The molecule has 2 aliphatic carbocycles. The van der Waals surface area contributed by atoms with Gasteiger partial charge >= 0.3 is 0 Å². The number of ether oxygens (including phenoxy) is 1. The van der Waals surface area contributed by atoms with Crippen molar-refractivity contribution in [2.24, 2.45) is 0 Å². The van der Waals surface area contributed by atoms with Crippen LogP contribution in [0.5, 0.6) is 11.5 Å². The number of hydrogen-bond donors (Lipinski definition) is 0. The van der Waals surface area contributed by atoms with E-state index >= 15 is 0 Å². The zero-order valence-electron chi connectivity index (χ0n) is 43.5. The standard InChI is InChI=1S/C68H41NO2S/c1-2-17-42(18-3-1)46-23-16-24-51-52-39-43(33-36-61(52)71-66(46)51)69(44-34-37-63-59(40-44)67(57-29-12-14-31-62(57)70-63)53-25-8-4-19-47(53)48-20-5-9-26-54(48)67)45-35-38-65-60(41-45)68(58-30-13-15-32-64(58)72-65)55-27-10-6-21-49(55)50-22-7-11-28-56(50)68/h1-41H/i1D,2D,3D,17D,18D. The number of para-hydroxylation sites is 2. The van der Waals surface area contributed by atoms with Gasteiger partial charge in [-0.15, -0.1) is 0 Å². The first-order valence-corrected chi connectivity index (χ1v) is 25.1. The van der Waals surface area contributed by atoms with Crippen LogP contribution in [0.25, 0.3) is 55.3 Å². The highest BCUT2D eigenvalue weighted by atomic mass is 32.2. The van der Waals surface area contributed by atoms with Crippen molar-refractivity contribution in [3.8, 4) is 44.9 Å². The lowest BCUT2D eigenvalue weighted by atomic mass is 9.66. The second-order valence-corrected chi connectivity index (χ2v) is 20.1. The molecule has 4 heteroatoms. The van der Waals surface area contributed by atoms with Crippen LogP contribution in [0.4, 0.5) is 17.1 Å². The van der Waals surface area contributed by atoms with E-state index in [2.05, 4.69) is 193 Å². The maximum absolute atomic E-state index is 8.93. The largest absolute Gasteiger partial charge is 0.457 e. The van der Waals surface area contributed by atoms with Crippen molar-refractivity contribution < 1.29 is 16.0 Å². The Labute approximate surface area is 428 Å². The molecule has 11 aromatic carbocycles. The highest BCUT2D eigenvalue weighted by molar-refractivity contribution is 7.99. The lowest BCUT2D eigenvalue weighted by molar-refractivity contribution is 0.436. The SMILES string of the molecule is [2H]c1c([2H])c([2H])c(-c2cccc3c2oc2ccc(N(c4ccc5c(c4)C4(c6ccccc6O5)c5ccccc5-c5ccccc54)c4ccc5c(c4)C4(c6ccccc6S5)c5ccccc5-c5ccccc54)cc23)c([2H])c1[2H]. The summed E-state index contributed by atoms with van der Waals surface area (Å²) in [6.07, 6.45) is 0. The maximum Gasteiger partial charge on any atom is 0.143 e. The third-order valence-corrected chi connectivity index (χ3v) is 16.8. The van der Waals surface area contributed by atoms with Gasteiger partial charge in [0.25, 0.3) is 0 Å². The van der Waals surface area contributed by atoms with Crippen LogP contribution >= 0.6 is 11.8 Å². The van der Waals surface area contributed by atoms with Gasteiger partial charge in [0.1, 0.15) is 22.7 Å². The molecule has 336 valence electrons. The Kier molecular flexibility index (Phi) is 7.28. The lowest BCUT2D eigenvalue weighted by Gasteiger charge is -2.41. The number of furan rings is 1. The van der Waals surface area contributed by atoms with Crippen LogP contribution in [0, 0.1) is 0 Å². The third kappa shape index (κ3) is 5.21. The fraction of sp³-hybridized carbons (Fsp3) is 0.0294. The van der Waals surface area contributed by atoms with E-state index in [1.54, 1.807) is 6.07 Å². The summed E-state index contributed by atoms with van der Waals surface area (Å²) in [6.45, 7) is 0. The van der Waals surface area contributed by atoms with E-state index in [0.29, 0.717) is 16.7 Å². The molecule has 0 amide bonds. The van der Waals surface area contributed by atoms with Gasteiger partial charge < -0.3 is 14.1 Å². The van der Waals surface area contributed by atoms with E-state index in [-0.39, 0.29) is 17.6 Å². The molecule has 0 bridgehead atoms. The normalized spacial score (nSPS) is 15.4. The summed E-state index contributed by atoms with van der Waals surface area (Å²) in [4.78, 5) is 4.77. The number of anilines is 3. The van der Waals surface area contributed by atoms with E-state index in [1.807, 2.05) is 36.0 Å². The molecule has 0 N–H and O–H groups in total. The summed E-state index contributed by atoms with van der Waals surface area (Å²) < 4.78 is 56.9. The van der Waals surface area contributed by atoms with Crippen LogP contribution in [0.15, 0.2) is 263 Å². The summed E-state index contributed by atoms with van der Waals surface area (Å²) in [5, 5.41) is 1.58. The van der Waals surface area contributed by atoms with Gasteiger partial charge in [-0.2, -0.15) is 0 Å². The molecule has 2 aliphatic heterocycles. The molecule has 3 heterocycles. The van der Waals surface area contributed by atoms with Gasteiger partial charge in [-0.05, 0) is 128 Å². The Morgan fingerprint density at radius 1 is 0.375 bits per heavy atom.